The Morgan fingerprint density at radius 1 is 1.33 bits per heavy atom. The lowest BCUT2D eigenvalue weighted by atomic mass is 9.94. The van der Waals surface area contributed by atoms with Crippen LogP contribution in [0.25, 0.3) is 11.1 Å². The molecule has 2 unspecified atom stereocenters. The Labute approximate surface area is 191 Å². The summed E-state index contributed by atoms with van der Waals surface area (Å²) in [5, 5.41) is 15.2. The lowest BCUT2D eigenvalue weighted by Crippen LogP contribution is -2.46. The molecule has 33 heavy (non-hydrogen) atoms. The Morgan fingerprint density at radius 3 is 2.91 bits per heavy atom. The molecular weight excluding hydrogens is 449 g/mol. The highest BCUT2D eigenvalue weighted by Crippen LogP contribution is 2.40. The van der Waals surface area contributed by atoms with Crippen LogP contribution in [0.5, 0.6) is 5.75 Å². The van der Waals surface area contributed by atoms with Crippen molar-refractivity contribution in [2.75, 3.05) is 26.0 Å². The third-order valence-corrected chi connectivity index (χ3v) is 6.78. The summed E-state index contributed by atoms with van der Waals surface area (Å²) in [7, 11) is -3.43. The summed E-state index contributed by atoms with van der Waals surface area (Å²) in [6.07, 6.45) is 1.15. The lowest BCUT2D eigenvalue weighted by Gasteiger charge is -2.23. The zero-order valence-corrected chi connectivity index (χ0v) is 18.9. The zero-order chi connectivity index (χ0) is 23.6. The number of rotatable bonds is 5. The van der Waals surface area contributed by atoms with Gasteiger partial charge in [-0.1, -0.05) is 6.07 Å². The minimum Gasteiger partial charge on any atom is -0.488 e. The summed E-state index contributed by atoms with van der Waals surface area (Å²) < 4.78 is 50.2. The molecule has 2 aliphatic heterocycles. The molecule has 2 N–H and O–H groups in total. The van der Waals surface area contributed by atoms with E-state index in [1.54, 1.807) is 6.07 Å². The number of halogens is 1. The number of carbonyl (C=O) groups is 1. The van der Waals surface area contributed by atoms with Gasteiger partial charge in [-0.25, -0.2) is 12.8 Å². The molecule has 2 aromatic rings. The smallest absolute Gasteiger partial charge is 0.251 e. The Morgan fingerprint density at radius 2 is 2.15 bits per heavy atom. The molecule has 0 bridgehead atoms. The maximum absolute atomic E-state index is 15.0. The molecule has 0 radical (unpaired) electrons. The fourth-order valence-corrected chi connectivity index (χ4v) is 4.54. The van der Waals surface area contributed by atoms with Crippen molar-refractivity contribution in [3.05, 3.63) is 47.3 Å². The fourth-order valence-electron chi connectivity index (χ4n) is 3.90. The van der Waals surface area contributed by atoms with Crippen LogP contribution in [0.1, 0.15) is 17.5 Å². The second kappa shape index (κ2) is 9.47. The standard InChI is InChI=1S/C23H24FN3O5S/c1-33(29,30)17-4-3-14-13-32-21-8-15(20(24)10-19(21)18(14)9-17)7-16(11-25)27-23(28)22-12-26-5-2-6-31-22/h3-4,8-10,16,22,26H,2,5-7,12-13H2,1H3,(H,27,28). The third-order valence-electron chi connectivity index (χ3n) is 5.67. The van der Waals surface area contributed by atoms with Crippen LogP contribution in [0.15, 0.2) is 35.2 Å². The number of sulfone groups is 1. The molecule has 0 aliphatic carbocycles. The second-order valence-electron chi connectivity index (χ2n) is 8.13. The van der Waals surface area contributed by atoms with Crippen LogP contribution < -0.4 is 15.4 Å². The summed E-state index contributed by atoms with van der Waals surface area (Å²) >= 11 is 0. The van der Waals surface area contributed by atoms with Crippen LogP contribution in [0.3, 0.4) is 0 Å². The van der Waals surface area contributed by atoms with Gasteiger partial charge in [-0.2, -0.15) is 5.26 Å². The molecule has 0 spiro atoms. The Kier molecular flexibility index (Phi) is 6.65. The molecule has 4 rings (SSSR count). The number of benzene rings is 2. The van der Waals surface area contributed by atoms with Gasteiger partial charge in [-0.3, -0.25) is 4.79 Å². The van der Waals surface area contributed by atoms with E-state index in [9.17, 15) is 18.5 Å². The van der Waals surface area contributed by atoms with E-state index in [1.165, 1.54) is 24.3 Å². The Bertz CT molecular complexity index is 1220. The van der Waals surface area contributed by atoms with E-state index in [0.717, 1.165) is 24.8 Å². The zero-order valence-electron chi connectivity index (χ0n) is 18.1. The summed E-state index contributed by atoms with van der Waals surface area (Å²) in [5.41, 5.74) is 2.00. The summed E-state index contributed by atoms with van der Waals surface area (Å²) in [4.78, 5) is 12.6. The molecule has 1 saturated heterocycles. The number of nitriles is 1. The largest absolute Gasteiger partial charge is 0.488 e. The van der Waals surface area contributed by atoms with Crippen molar-refractivity contribution in [1.29, 1.82) is 5.26 Å². The van der Waals surface area contributed by atoms with Gasteiger partial charge in [-0.05, 0) is 53.9 Å². The van der Waals surface area contributed by atoms with Gasteiger partial charge >= 0.3 is 0 Å². The number of hydrogen-bond donors (Lipinski definition) is 2. The average Bonchev–Trinajstić information content (AvgIpc) is 3.08. The third kappa shape index (κ3) is 5.16. The molecule has 2 aliphatic rings. The molecular formula is C23H24FN3O5S. The minimum atomic E-state index is -3.43. The van der Waals surface area contributed by atoms with Gasteiger partial charge in [0.15, 0.2) is 9.84 Å². The first-order valence-corrected chi connectivity index (χ1v) is 12.5. The summed E-state index contributed by atoms with van der Waals surface area (Å²) in [6.45, 7) is 1.75. The Balaban J connectivity index is 1.56. The topological polar surface area (TPSA) is 118 Å². The van der Waals surface area contributed by atoms with Gasteiger partial charge < -0.3 is 20.1 Å². The van der Waals surface area contributed by atoms with Crippen LogP contribution in [-0.2, 0) is 32.4 Å². The monoisotopic (exact) mass is 473 g/mol. The van der Waals surface area contributed by atoms with Crippen molar-refractivity contribution in [2.24, 2.45) is 0 Å². The van der Waals surface area contributed by atoms with Crippen molar-refractivity contribution in [3.63, 3.8) is 0 Å². The number of nitrogens with zero attached hydrogens (tertiary/aromatic N) is 1. The first kappa shape index (κ1) is 23.2. The molecule has 1 fully saturated rings. The molecule has 0 saturated carbocycles. The van der Waals surface area contributed by atoms with E-state index in [1.807, 2.05) is 6.07 Å². The van der Waals surface area contributed by atoms with Crippen molar-refractivity contribution < 1.29 is 27.1 Å². The number of ether oxygens (including phenoxy) is 2. The van der Waals surface area contributed by atoms with Gasteiger partial charge in [0.1, 0.15) is 30.3 Å². The van der Waals surface area contributed by atoms with Crippen molar-refractivity contribution in [2.45, 2.75) is 36.5 Å². The number of fused-ring (bicyclic) bond motifs is 3. The molecule has 8 nitrogen and oxygen atoms in total. The first-order valence-electron chi connectivity index (χ1n) is 10.6. The van der Waals surface area contributed by atoms with E-state index in [4.69, 9.17) is 9.47 Å². The van der Waals surface area contributed by atoms with Crippen molar-refractivity contribution in [3.8, 4) is 22.9 Å². The van der Waals surface area contributed by atoms with Gasteiger partial charge in [0.25, 0.3) is 5.91 Å². The van der Waals surface area contributed by atoms with Gasteiger partial charge in [-0.15, -0.1) is 0 Å². The van der Waals surface area contributed by atoms with Crippen LogP contribution in [0.4, 0.5) is 4.39 Å². The van der Waals surface area contributed by atoms with E-state index in [2.05, 4.69) is 10.6 Å². The van der Waals surface area contributed by atoms with Gasteiger partial charge in [0.2, 0.25) is 0 Å². The highest BCUT2D eigenvalue weighted by molar-refractivity contribution is 7.90. The quantitative estimate of drug-likeness (QED) is 0.679. The number of amides is 1. The average molecular weight is 474 g/mol. The maximum Gasteiger partial charge on any atom is 0.251 e. The van der Waals surface area contributed by atoms with E-state index in [-0.39, 0.29) is 23.5 Å². The molecule has 10 heteroatoms. The van der Waals surface area contributed by atoms with Crippen LogP contribution >= 0.6 is 0 Å². The molecule has 2 heterocycles. The number of hydrogen-bond acceptors (Lipinski definition) is 7. The lowest BCUT2D eigenvalue weighted by molar-refractivity contribution is -0.132. The Hall–Kier alpha value is -3.00. The van der Waals surface area contributed by atoms with Crippen molar-refractivity contribution >= 4 is 15.7 Å². The fraction of sp³-hybridized carbons (Fsp3) is 0.391. The number of nitrogens with one attached hydrogen (secondary N) is 2. The van der Waals surface area contributed by atoms with E-state index >= 15 is 4.39 Å². The highest BCUT2D eigenvalue weighted by atomic mass is 32.2. The van der Waals surface area contributed by atoms with Crippen LogP contribution in [-0.4, -0.2) is 52.4 Å². The summed E-state index contributed by atoms with van der Waals surface area (Å²) in [6, 6.07) is 8.51. The molecule has 0 aromatic heterocycles. The van der Waals surface area contributed by atoms with Gasteiger partial charge in [0.05, 0.1) is 11.0 Å². The maximum atomic E-state index is 15.0. The minimum absolute atomic E-state index is 0.0545. The SMILES string of the molecule is CS(=O)(=O)c1ccc2c(c1)-c1cc(F)c(CC(C#N)NC(=O)C3CNCCCO3)cc1OC2. The second-order valence-corrected chi connectivity index (χ2v) is 10.1. The predicted molar refractivity (Wildman–Crippen MR) is 118 cm³/mol. The number of carbonyl (C=O) groups excluding carboxylic acids is 1. The molecule has 174 valence electrons. The predicted octanol–water partition coefficient (Wildman–Crippen LogP) is 1.72. The van der Waals surface area contributed by atoms with E-state index < -0.39 is 33.7 Å². The summed E-state index contributed by atoms with van der Waals surface area (Å²) in [5.74, 6) is -0.603. The highest BCUT2D eigenvalue weighted by Gasteiger charge is 2.26. The first-order chi connectivity index (χ1) is 15.8. The molecule has 1 amide bonds. The molecule has 2 aromatic carbocycles. The van der Waals surface area contributed by atoms with Crippen LogP contribution in [0, 0.1) is 17.1 Å². The van der Waals surface area contributed by atoms with Crippen molar-refractivity contribution in [1.82, 2.24) is 10.6 Å². The molecule has 2 atom stereocenters. The van der Waals surface area contributed by atoms with Crippen LogP contribution in [0.2, 0.25) is 0 Å². The van der Waals surface area contributed by atoms with Gasteiger partial charge in [0, 0.05) is 31.4 Å². The normalized spacial score (nSPS) is 18.6. The van der Waals surface area contributed by atoms with E-state index in [0.29, 0.717) is 30.0 Å².